The molecule has 0 spiro atoms. The van der Waals surface area contributed by atoms with E-state index in [1.807, 2.05) is 55.3 Å². The number of aromatic nitrogens is 2. The first kappa shape index (κ1) is 14.8. The molecule has 3 aromatic rings. The number of methoxy groups -OCH3 is 1. The molecule has 5 heteroatoms. The molecule has 0 amide bonds. The smallest absolute Gasteiger partial charge is 0.144 e. The molecule has 0 aliphatic heterocycles. The predicted molar refractivity (Wildman–Crippen MR) is 90.0 cm³/mol. The van der Waals surface area contributed by atoms with E-state index in [0.717, 1.165) is 28.2 Å². The van der Waals surface area contributed by atoms with Crippen LogP contribution in [0.1, 0.15) is 11.4 Å². The second-order valence-electron chi connectivity index (χ2n) is 5.20. The Morgan fingerprint density at radius 1 is 1.09 bits per heavy atom. The highest BCUT2D eigenvalue weighted by molar-refractivity contribution is 5.92. The van der Waals surface area contributed by atoms with Crippen LogP contribution in [0.15, 0.2) is 42.5 Å². The molecule has 5 nitrogen and oxygen atoms in total. The maximum atomic E-state index is 9.14. The number of benzene rings is 2. The summed E-state index contributed by atoms with van der Waals surface area (Å²) >= 11 is 0. The monoisotopic (exact) mass is 304 g/mol. The first-order valence-corrected chi connectivity index (χ1v) is 7.18. The predicted octanol–water partition coefficient (Wildman–Crippen LogP) is 3.59. The summed E-state index contributed by atoms with van der Waals surface area (Å²) in [5.74, 6) is 2.27. The molecule has 0 N–H and O–H groups in total. The van der Waals surface area contributed by atoms with Gasteiger partial charge in [-0.05, 0) is 49.4 Å². The fourth-order valence-electron chi connectivity index (χ4n) is 2.48. The van der Waals surface area contributed by atoms with Gasteiger partial charge in [0.25, 0.3) is 0 Å². The lowest BCUT2D eigenvalue weighted by Gasteiger charge is -2.20. The SMILES string of the molecule is COc1ccc(N(C)c2nc(C)nc3ccc(C#N)cc23)cc1. The Kier molecular flexibility index (Phi) is 3.82. The molecule has 0 atom stereocenters. The minimum atomic E-state index is 0.592. The molecule has 114 valence electrons. The highest BCUT2D eigenvalue weighted by Crippen LogP contribution is 2.30. The first-order chi connectivity index (χ1) is 11.1. The summed E-state index contributed by atoms with van der Waals surface area (Å²) in [5, 5.41) is 9.99. The molecule has 1 heterocycles. The lowest BCUT2D eigenvalue weighted by molar-refractivity contribution is 0.415. The summed E-state index contributed by atoms with van der Waals surface area (Å²) in [7, 11) is 3.59. The molecule has 2 aromatic carbocycles. The van der Waals surface area contributed by atoms with Gasteiger partial charge in [0.05, 0.1) is 24.3 Å². The van der Waals surface area contributed by atoms with E-state index in [0.29, 0.717) is 11.4 Å². The molecule has 3 rings (SSSR count). The van der Waals surface area contributed by atoms with Gasteiger partial charge in [-0.15, -0.1) is 0 Å². The number of aryl methyl sites for hydroxylation is 1. The Hall–Kier alpha value is -3.13. The molecule has 0 unspecified atom stereocenters. The number of nitriles is 1. The summed E-state index contributed by atoms with van der Waals surface area (Å²) in [4.78, 5) is 11.0. The van der Waals surface area contributed by atoms with Gasteiger partial charge in [-0.25, -0.2) is 9.97 Å². The fourth-order valence-corrected chi connectivity index (χ4v) is 2.48. The average Bonchev–Trinajstić information content (AvgIpc) is 2.60. The number of rotatable bonds is 3. The standard InChI is InChI=1S/C18H16N4O/c1-12-20-17-9-4-13(11-19)10-16(17)18(21-12)22(2)14-5-7-15(23-3)8-6-14/h4-10H,1-3H3. The van der Waals surface area contributed by atoms with Gasteiger partial charge in [0.2, 0.25) is 0 Å². The summed E-state index contributed by atoms with van der Waals surface area (Å²) in [5.41, 5.74) is 2.40. The Balaban J connectivity index is 2.14. The maximum Gasteiger partial charge on any atom is 0.144 e. The van der Waals surface area contributed by atoms with Crippen LogP contribution < -0.4 is 9.64 Å². The number of ether oxygens (including phenoxy) is 1. The Bertz CT molecular complexity index is 897. The summed E-state index contributed by atoms with van der Waals surface area (Å²) in [6, 6.07) is 15.4. The van der Waals surface area contributed by atoms with Crippen LogP contribution in [0.5, 0.6) is 5.75 Å². The second kappa shape index (κ2) is 5.93. The third kappa shape index (κ3) is 2.79. The molecule has 0 fully saturated rings. The number of fused-ring (bicyclic) bond motifs is 1. The van der Waals surface area contributed by atoms with Gasteiger partial charge in [0.15, 0.2) is 0 Å². The molecule has 0 radical (unpaired) electrons. The van der Waals surface area contributed by atoms with Gasteiger partial charge in [0.1, 0.15) is 17.4 Å². The first-order valence-electron chi connectivity index (χ1n) is 7.18. The van der Waals surface area contributed by atoms with E-state index in [1.54, 1.807) is 13.2 Å². The van der Waals surface area contributed by atoms with Crippen LogP contribution in [-0.4, -0.2) is 24.1 Å². The minimum absolute atomic E-state index is 0.592. The highest BCUT2D eigenvalue weighted by atomic mass is 16.5. The van der Waals surface area contributed by atoms with Gasteiger partial charge >= 0.3 is 0 Å². The summed E-state index contributed by atoms with van der Waals surface area (Å²) in [6.07, 6.45) is 0. The quantitative estimate of drug-likeness (QED) is 0.740. The van der Waals surface area contributed by atoms with Gasteiger partial charge in [0, 0.05) is 18.1 Å². The van der Waals surface area contributed by atoms with Crippen LogP contribution in [0.4, 0.5) is 11.5 Å². The van der Waals surface area contributed by atoms with Crippen molar-refractivity contribution in [1.82, 2.24) is 9.97 Å². The molecule has 1 aromatic heterocycles. The van der Waals surface area contributed by atoms with E-state index >= 15 is 0 Å². The zero-order chi connectivity index (χ0) is 16.4. The van der Waals surface area contributed by atoms with Crippen molar-refractivity contribution in [3.63, 3.8) is 0 Å². The molecular weight excluding hydrogens is 288 g/mol. The lowest BCUT2D eigenvalue weighted by Crippen LogP contribution is -2.13. The lowest BCUT2D eigenvalue weighted by atomic mass is 10.1. The summed E-state index contributed by atoms with van der Waals surface area (Å²) in [6.45, 7) is 1.86. The normalized spacial score (nSPS) is 10.3. The van der Waals surface area contributed by atoms with Crippen molar-refractivity contribution in [2.24, 2.45) is 0 Å². The third-order valence-electron chi connectivity index (χ3n) is 3.69. The van der Waals surface area contributed by atoms with Crippen LogP contribution in [0.3, 0.4) is 0 Å². The third-order valence-corrected chi connectivity index (χ3v) is 3.69. The molecule has 0 saturated heterocycles. The second-order valence-corrected chi connectivity index (χ2v) is 5.20. The fraction of sp³-hybridized carbons (Fsp3) is 0.167. The van der Waals surface area contributed by atoms with Gasteiger partial charge in [-0.1, -0.05) is 0 Å². The van der Waals surface area contributed by atoms with Crippen LogP contribution in [0.2, 0.25) is 0 Å². The zero-order valence-corrected chi connectivity index (χ0v) is 13.2. The molecule has 0 aliphatic carbocycles. The topological polar surface area (TPSA) is 62.0 Å². The Morgan fingerprint density at radius 2 is 1.83 bits per heavy atom. The molecule has 0 saturated carbocycles. The Labute approximate surface area is 134 Å². The average molecular weight is 304 g/mol. The van der Waals surface area contributed by atoms with E-state index in [9.17, 15) is 0 Å². The molecule has 0 aliphatic rings. The van der Waals surface area contributed by atoms with E-state index in [4.69, 9.17) is 10.00 Å². The summed E-state index contributed by atoms with van der Waals surface area (Å²) < 4.78 is 5.19. The van der Waals surface area contributed by atoms with Crippen LogP contribution in [0, 0.1) is 18.3 Å². The van der Waals surface area contributed by atoms with Crippen molar-refractivity contribution >= 4 is 22.4 Å². The van der Waals surface area contributed by atoms with Crippen molar-refractivity contribution in [3.8, 4) is 11.8 Å². The number of anilines is 2. The number of hydrogen-bond acceptors (Lipinski definition) is 5. The van der Waals surface area contributed by atoms with Crippen LogP contribution in [0.25, 0.3) is 10.9 Å². The van der Waals surface area contributed by atoms with Crippen molar-refractivity contribution in [1.29, 1.82) is 5.26 Å². The Morgan fingerprint density at radius 3 is 2.48 bits per heavy atom. The van der Waals surface area contributed by atoms with Gasteiger partial charge < -0.3 is 9.64 Å². The highest BCUT2D eigenvalue weighted by Gasteiger charge is 2.13. The van der Waals surface area contributed by atoms with Crippen molar-refractivity contribution in [3.05, 3.63) is 53.9 Å². The molecule has 23 heavy (non-hydrogen) atoms. The zero-order valence-electron chi connectivity index (χ0n) is 13.2. The van der Waals surface area contributed by atoms with Gasteiger partial charge in [-0.2, -0.15) is 5.26 Å². The van der Waals surface area contributed by atoms with Gasteiger partial charge in [-0.3, -0.25) is 0 Å². The number of hydrogen-bond donors (Lipinski definition) is 0. The van der Waals surface area contributed by atoms with E-state index in [2.05, 4.69) is 16.0 Å². The van der Waals surface area contributed by atoms with Crippen LogP contribution in [-0.2, 0) is 0 Å². The van der Waals surface area contributed by atoms with E-state index < -0.39 is 0 Å². The largest absolute Gasteiger partial charge is 0.497 e. The molecule has 0 bridgehead atoms. The van der Waals surface area contributed by atoms with E-state index in [1.165, 1.54) is 0 Å². The number of nitrogens with zero attached hydrogens (tertiary/aromatic N) is 4. The van der Waals surface area contributed by atoms with Crippen molar-refractivity contribution < 1.29 is 4.74 Å². The van der Waals surface area contributed by atoms with Crippen molar-refractivity contribution in [2.75, 3.05) is 19.1 Å². The minimum Gasteiger partial charge on any atom is -0.497 e. The van der Waals surface area contributed by atoms with Crippen molar-refractivity contribution in [2.45, 2.75) is 6.92 Å². The van der Waals surface area contributed by atoms with E-state index in [-0.39, 0.29) is 0 Å². The van der Waals surface area contributed by atoms with Crippen LogP contribution >= 0.6 is 0 Å². The maximum absolute atomic E-state index is 9.14. The molecular formula is C18H16N4O.